The van der Waals surface area contributed by atoms with Gasteiger partial charge in [0.05, 0.1) is 0 Å². The molecule has 1 unspecified atom stereocenters. The largest absolute Gasteiger partial charge is 0.305 e. The van der Waals surface area contributed by atoms with E-state index < -0.39 is 93.9 Å². The first-order valence-corrected chi connectivity index (χ1v) is 20.9. The molecule has 0 aromatic rings. The van der Waals surface area contributed by atoms with E-state index in [0.29, 0.717) is 23.4 Å². The lowest BCUT2D eigenvalue weighted by atomic mass is 10.4. The molecular weight excluding hydrogens is 665 g/mol. The molecule has 40 heavy (non-hydrogen) atoms. The molecule has 1 fully saturated rings. The Morgan fingerprint density at radius 2 is 1.40 bits per heavy atom. The highest BCUT2D eigenvalue weighted by Gasteiger charge is 2.39. The summed E-state index contributed by atoms with van der Waals surface area (Å²) < 4.78 is 151. The predicted octanol–water partition coefficient (Wildman–Crippen LogP) is -4.40. The molecule has 1 amide bonds. The van der Waals surface area contributed by atoms with Gasteiger partial charge in [0, 0.05) is 39.5 Å². The SMILES string of the molecule is CC(C)N(S(=O)(=O)CNS(=O)(=O)CS(=O)(=O)NC(NC(=O)CS(C)(=O)=O)=S(=O)(O)N1CCCC1)S(=O)(=O)N(C)C. The number of carbonyl (C=O) groups is 1. The van der Waals surface area contributed by atoms with Crippen molar-refractivity contribution in [1.29, 1.82) is 0 Å². The molecule has 1 aliphatic rings. The molecule has 1 rings (SSSR count). The fourth-order valence-corrected chi connectivity index (χ4v) is 13.0. The number of nitrogens with one attached hydrogen (secondary N) is 3. The monoisotopic (exact) mass is 698 g/mol. The van der Waals surface area contributed by atoms with Crippen LogP contribution in [0.2, 0.25) is 0 Å². The quantitative estimate of drug-likeness (QED) is 0.133. The average Bonchev–Trinajstić information content (AvgIpc) is 3.24. The van der Waals surface area contributed by atoms with Crippen molar-refractivity contribution in [2.75, 3.05) is 50.2 Å². The van der Waals surface area contributed by atoms with Gasteiger partial charge in [-0.2, -0.15) is 22.2 Å². The van der Waals surface area contributed by atoms with E-state index in [0.717, 1.165) is 18.4 Å². The van der Waals surface area contributed by atoms with E-state index in [4.69, 9.17) is 0 Å². The average molecular weight is 699 g/mol. The number of rotatable bonds is 13. The van der Waals surface area contributed by atoms with E-state index >= 15 is 0 Å². The zero-order chi connectivity index (χ0) is 31.5. The van der Waals surface area contributed by atoms with Crippen LogP contribution < -0.4 is 14.8 Å². The molecular formula is C15H34N6O13S6. The molecule has 1 saturated heterocycles. The topological polar surface area (TPSA) is 271 Å². The summed E-state index contributed by atoms with van der Waals surface area (Å²) in [5.74, 6) is -4.17. The maximum atomic E-state index is 13.0. The van der Waals surface area contributed by atoms with Gasteiger partial charge in [0.1, 0.15) is 11.6 Å². The zero-order valence-electron chi connectivity index (χ0n) is 22.2. The van der Waals surface area contributed by atoms with Crippen LogP contribution in [0.25, 0.3) is 0 Å². The predicted molar refractivity (Wildman–Crippen MR) is 147 cm³/mol. The van der Waals surface area contributed by atoms with Gasteiger partial charge in [0.2, 0.25) is 36.0 Å². The standard InChI is InChI=1S/C15H34N6O13S6/c1-13(2)21(40(33,34)19(3)4)38(29,30)11-16-36(25,26)12-37(27,28)18-15(17-14(22)10-35(5,23)24)39(31,32)20-8-6-7-9-20/h13,16,18H,6-12H2,1-5H3,(H,17,22)(H,31,32). The minimum atomic E-state index is -5.19. The second-order valence-corrected chi connectivity index (χ2v) is 21.1. The number of sulfonamides is 3. The smallest absolute Gasteiger partial charge is 0.294 e. The van der Waals surface area contributed by atoms with Crippen LogP contribution in [0.3, 0.4) is 0 Å². The first kappa shape index (κ1) is 37.0. The number of amides is 1. The van der Waals surface area contributed by atoms with E-state index in [2.05, 4.69) is 0 Å². The molecule has 1 atom stereocenters. The summed E-state index contributed by atoms with van der Waals surface area (Å²) in [5.41, 5.74) is 0. The van der Waals surface area contributed by atoms with Crippen LogP contribution in [-0.4, -0.2) is 130 Å². The van der Waals surface area contributed by atoms with E-state index in [1.807, 2.05) is 0 Å². The molecule has 0 spiro atoms. The Labute approximate surface area is 235 Å². The first-order valence-electron chi connectivity index (χ1n) is 11.0. The van der Waals surface area contributed by atoms with Crippen LogP contribution in [0.1, 0.15) is 26.7 Å². The van der Waals surface area contributed by atoms with Gasteiger partial charge in [-0.3, -0.25) is 9.35 Å². The summed E-state index contributed by atoms with van der Waals surface area (Å²) in [4.78, 5) is 12.1. The Balaban J connectivity index is 3.29. The number of nitrogens with zero attached hydrogens (tertiary/aromatic N) is 3. The van der Waals surface area contributed by atoms with Gasteiger partial charge in [0.25, 0.3) is 10.2 Å². The zero-order valence-corrected chi connectivity index (χ0v) is 27.1. The van der Waals surface area contributed by atoms with E-state index in [-0.39, 0.29) is 16.8 Å². The van der Waals surface area contributed by atoms with E-state index in [1.54, 1.807) is 5.32 Å². The molecule has 0 aliphatic carbocycles. The summed E-state index contributed by atoms with van der Waals surface area (Å²) >= 11 is 0. The third-order valence-corrected chi connectivity index (χ3v) is 15.7. The van der Waals surface area contributed by atoms with Crippen LogP contribution >= 0.6 is 0 Å². The summed E-state index contributed by atoms with van der Waals surface area (Å²) in [6, 6.07) is -1.19. The van der Waals surface area contributed by atoms with Crippen LogP contribution in [0, 0.1) is 0 Å². The highest BCUT2D eigenvalue weighted by Crippen LogP contribution is 2.16. The number of hydrogen-bond acceptors (Lipinski definition) is 12. The Kier molecular flexibility index (Phi) is 12.1. The molecule has 1 aliphatic heterocycles. The maximum Gasteiger partial charge on any atom is 0.294 e. The second-order valence-electron chi connectivity index (χ2n) is 9.04. The van der Waals surface area contributed by atoms with Crippen molar-refractivity contribution >= 4 is 71.1 Å². The Morgan fingerprint density at radius 1 is 0.900 bits per heavy atom. The molecule has 0 aromatic carbocycles. The Hall–Kier alpha value is -1.00. The Morgan fingerprint density at radius 3 is 1.82 bits per heavy atom. The van der Waals surface area contributed by atoms with Crippen LogP contribution in [-0.2, 0) is 64.9 Å². The third-order valence-electron chi connectivity index (χ3n) is 4.73. The molecule has 0 radical (unpaired) electrons. The van der Waals surface area contributed by atoms with Gasteiger partial charge >= 0.3 is 0 Å². The Bertz CT molecular complexity index is 1620. The normalized spacial score (nSPS) is 17.8. The van der Waals surface area contributed by atoms with Gasteiger partial charge in [-0.25, -0.2) is 42.2 Å². The van der Waals surface area contributed by atoms with Crippen molar-refractivity contribution in [3.8, 4) is 0 Å². The van der Waals surface area contributed by atoms with Crippen molar-refractivity contribution in [1.82, 2.24) is 27.1 Å². The lowest BCUT2D eigenvalue weighted by Gasteiger charge is -2.27. The highest BCUT2D eigenvalue weighted by atomic mass is 32.3. The number of sulfone groups is 1. The molecule has 19 nitrogen and oxygen atoms in total. The van der Waals surface area contributed by atoms with Crippen LogP contribution in [0.15, 0.2) is 0 Å². The van der Waals surface area contributed by atoms with Gasteiger partial charge in [-0.15, -0.1) is 0 Å². The van der Waals surface area contributed by atoms with Crippen LogP contribution in [0.5, 0.6) is 0 Å². The summed E-state index contributed by atoms with van der Waals surface area (Å²) in [5, 5.41) is -1.55. The lowest BCUT2D eigenvalue weighted by Crippen LogP contribution is -2.53. The highest BCUT2D eigenvalue weighted by molar-refractivity contribution is 8.08. The lowest BCUT2D eigenvalue weighted by molar-refractivity contribution is -0.117. The minimum absolute atomic E-state index is 0.0115. The molecule has 25 heteroatoms. The van der Waals surface area contributed by atoms with Crippen molar-refractivity contribution in [3.63, 3.8) is 0 Å². The van der Waals surface area contributed by atoms with E-state index in [1.165, 1.54) is 23.3 Å². The summed E-state index contributed by atoms with van der Waals surface area (Å²) in [7, 11) is -26.2. The fourth-order valence-electron chi connectivity index (χ4n) is 3.15. The summed E-state index contributed by atoms with van der Waals surface area (Å²) in [6.07, 6.45) is 1.53. The summed E-state index contributed by atoms with van der Waals surface area (Å²) in [6.45, 7) is 2.37. The van der Waals surface area contributed by atoms with Crippen molar-refractivity contribution in [3.05, 3.63) is 0 Å². The molecule has 0 bridgehead atoms. The van der Waals surface area contributed by atoms with Gasteiger partial charge in [-0.05, 0) is 26.7 Å². The molecule has 238 valence electrons. The minimum Gasteiger partial charge on any atom is -0.305 e. The number of carbonyl (C=O) groups excluding carboxylic acids is 1. The van der Waals surface area contributed by atoms with Crippen molar-refractivity contribution < 1.29 is 55.6 Å². The third kappa shape index (κ3) is 10.7. The van der Waals surface area contributed by atoms with Crippen molar-refractivity contribution in [2.24, 2.45) is 0 Å². The maximum absolute atomic E-state index is 13.0. The van der Waals surface area contributed by atoms with E-state index in [9.17, 15) is 55.6 Å². The second kappa shape index (κ2) is 13.1. The van der Waals surface area contributed by atoms with Gasteiger partial charge < -0.3 is 5.32 Å². The molecule has 0 aromatic heterocycles. The van der Waals surface area contributed by atoms with Gasteiger partial charge in [0.15, 0.2) is 30.0 Å². The number of hydrogen-bond donors (Lipinski definition) is 4. The van der Waals surface area contributed by atoms with Gasteiger partial charge in [-0.1, -0.05) is 3.71 Å². The molecule has 0 saturated carbocycles. The van der Waals surface area contributed by atoms with Crippen molar-refractivity contribution in [2.45, 2.75) is 32.7 Å². The van der Waals surface area contributed by atoms with Crippen LogP contribution in [0.4, 0.5) is 0 Å². The first-order chi connectivity index (χ1) is 17.7. The molecule has 4 N–H and O–H groups in total. The molecule has 1 heterocycles. The fraction of sp³-hybridized carbons (Fsp3) is 0.867.